The van der Waals surface area contributed by atoms with Gasteiger partial charge in [0.2, 0.25) is 0 Å². The van der Waals surface area contributed by atoms with E-state index in [-0.39, 0.29) is 12.1 Å². The van der Waals surface area contributed by atoms with E-state index in [9.17, 15) is 4.79 Å². The minimum Gasteiger partial charge on any atom is -0.378 e. The molecule has 1 aromatic rings. The lowest BCUT2D eigenvalue weighted by Gasteiger charge is -2.35. The molecule has 128 valence electrons. The van der Waals surface area contributed by atoms with E-state index in [0.717, 1.165) is 38.1 Å². The lowest BCUT2D eigenvalue weighted by Crippen LogP contribution is -2.46. The number of likely N-dealkylation sites (tertiary alicyclic amines) is 1. The van der Waals surface area contributed by atoms with Crippen molar-refractivity contribution in [2.75, 3.05) is 19.7 Å². The molecule has 2 fully saturated rings. The van der Waals surface area contributed by atoms with Crippen LogP contribution in [-0.4, -0.2) is 36.7 Å². The third-order valence-corrected chi connectivity index (χ3v) is 5.17. The SMILES string of the molecule is C[C@@H](NC(=O)N1CCC([C@@H]2CCCO2)CC1)c1cccc(C#N)c1. The normalized spacial score (nSPS) is 22.8. The monoisotopic (exact) mass is 327 g/mol. The molecular formula is C19H25N3O2. The fourth-order valence-corrected chi connectivity index (χ4v) is 3.69. The molecule has 2 amide bonds. The first-order chi connectivity index (χ1) is 11.7. The van der Waals surface area contributed by atoms with Crippen LogP contribution in [0, 0.1) is 17.2 Å². The van der Waals surface area contributed by atoms with Crippen molar-refractivity contribution in [3.05, 3.63) is 35.4 Å². The summed E-state index contributed by atoms with van der Waals surface area (Å²) in [6, 6.07) is 9.40. The van der Waals surface area contributed by atoms with E-state index in [4.69, 9.17) is 10.00 Å². The van der Waals surface area contributed by atoms with Gasteiger partial charge in [-0.25, -0.2) is 4.79 Å². The van der Waals surface area contributed by atoms with Crippen LogP contribution in [0.3, 0.4) is 0 Å². The minimum atomic E-state index is -0.110. The Kier molecular flexibility index (Phi) is 5.37. The molecule has 0 saturated carbocycles. The van der Waals surface area contributed by atoms with Gasteiger partial charge < -0.3 is 15.0 Å². The van der Waals surface area contributed by atoms with Crippen LogP contribution in [0.5, 0.6) is 0 Å². The van der Waals surface area contributed by atoms with Crippen molar-refractivity contribution in [1.82, 2.24) is 10.2 Å². The Balaban J connectivity index is 1.51. The summed E-state index contributed by atoms with van der Waals surface area (Å²) < 4.78 is 5.79. The van der Waals surface area contributed by atoms with E-state index in [1.165, 1.54) is 12.8 Å². The molecule has 1 N–H and O–H groups in total. The van der Waals surface area contributed by atoms with Crippen LogP contribution in [0.4, 0.5) is 4.79 Å². The van der Waals surface area contributed by atoms with Crippen LogP contribution in [-0.2, 0) is 4.74 Å². The van der Waals surface area contributed by atoms with Gasteiger partial charge in [0.25, 0.3) is 0 Å². The van der Waals surface area contributed by atoms with E-state index in [1.54, 1.807) is 6.07 Å². The first-order valence-corrected chi connectivity index (χ1v) is 8.84. The highest BCUT2D eigenvalue weighted by molar-refractivity contribution is 5.74. The zero-order chi connectivity index (χ0) is 16.9. The number of rotatable bonds is 3. The van der Waals surface area contributed by atoms with Crippen LogP contribution in [0.15, 0.2) is 24.3 Å². The summed E-state index contributed by atoms with van der Waals surface area (Å²) in [6.07, 6.45) is 4.79. The van der Waals surface area contributed by atoms with Gasteiger partial charge in [-0.05, 0) is 56.2 Å². The topological polar surface area (TPSA) is 65.4 Å². The van der Waals surface area contributed by atoms with Crippen molar-refractivity contribution in [3.63, 3.8) is 0 Å². The Hall–Kier alpha value is -2.06. The summed E-state index contributed by atoms with van der Waals surface area (Å²) in [5.41, 5.74) is 1.57. The van der Waals surface area contributed by atoms with Crippen LogP contribution >= 0.6 is 0 Å². The first-order valence-electron chi connectivity index (χ1n) is 8.84. The Bertz CT molecular complexity index is 611. The van der Waals surface area contributed by atoms with Crippen molar-refractivity contribution in [2.45, 2.75) is 44.8 Å². The molecule has 24 heavy (non-hydrogen) atoms. The molecule has 2 heterocycles. The van der Waals surface area contributed by atoms with Crippen LogP contribution in [0.1, 0.15) is 49.8 Å². The highest BCUT2D eigenvalue weighted by Gasteiger charge is 2.31. The number of nitriles is 1. The number of ether oxygens (including phenoxy) is 1. The molecule has 0 spiro atoms. The van der Waals surface area contributed by atoms with Crippen molar-refractivity contribution in [3.8, 4) is 6.07 Å². The van der Waals surface area contributed by atoms with Gasteiger partial charge in [-0.1, -0.05) is 12.1 Å². The second-order valence-electron chi connectivity index (χ2n) is 6.78. The second-order valence-corrected chi connectivity index (χ2v) is 6.78. The van der Waals surface area contributed by atoms with Crippen molar-refractivity contribution < 1.29 is 9.53 Å². The van der Waals surface area contributed by atoms with Crippen LogP contribution in [0.2, 0.25) is 0 Å². The summed E-state index contributed by atoms with van der Waals surface area (Å²) in [7, 11) is 0. The maximum atomic E-state index is 12.5. The predicted molar refractivity (Wildman–Crippen MR) is 91.4 cm³/mol. The molecule has 2 atom stereocenters. The van der Waals surface area contributed by atoms with Gasteiger partial charge in [-0.15, -0.1) is 0 Å². The molecule has 0 aromatic heterocycles. The fourth-order valence-electron chi connectivity index (χ4n) is 3.69. The molecule has 0 bridgehead atoms. The number of carbonyl (C=O) groups excluding carboxylic acids is 1. The second kappa shape index (κ2) is 7.67. The summed E-state index contributed by atoms with van der Waals surface area (Å²) in [5, 5.41) is 12.0. The minimum absolute atomic E-state index is 0.0179. The van der Waals surface area contributed by atoms with E-state index < -0.39 is 0 Å². The van der Waals surface area contributed by atoms with Gasteiger partial charge in [-0.2, -0.15) is 5.26 Å². The Morgan fingerprint density at radius 2 is 2.17 bits per heavy atom. The molecule has 0 radical (unpaired) electrons. The third-order valence-electron chi connectivity index (χ3n) is 5.17. The van der Waals surface area contributed by atoms with E-state index in [0.29, 0.717) is 17.6 Å². The number of urea groups is 1. The van der Waals surface area contributed by atoms with Gasteiger partial charge in [0.15, 0.2) is 0 Å². The number of benzene rings is 1. The number of hydrogen-bond acceptors (Lipinski definition) is 3. The van der Waals surface area contributed by atoms with Gasteiger partial charge in [0, 0.05) is 19.7 Å². The van der Waals surface area contributed by atoms with Crippen molar-refractivity contribution >= 4 is 6.03 Å². The zero-order valence-corrected chi connectivity index (χ0v) is 14.2. The Morgan fingerprint density at radius 3 is 2.83 bits per heavy atom. The van der Waals surface area contributed by atoms with E-state index in [2.05, 4.69) is 11.4 Å². The van der Waals surface area contributed by atoms with E-state index in [1.807, 2.05) is 30.0 Å². The molecule has 5 nitrogen and oxygen atoms in total. The quantitative estimate of drug-likeness (QED) is 0.927. The molecule has 5 heteroatoms. The average molecular weight is 327 g/mol. The van der Waals surface area contributed by atoms with Gasteiger partial charge >= 0.3 is 6.03 Å². The summed E-state index contributed by atoms with van der Waals surface area (Å²) in [6.45, 7) is 4.43. The number of nitrogens with one attached hydrogen (secondary N) is 1. The number of nitrogens with zero attached hydrogens (tertiary/aromatic N) is 2. The third kappa shape index (κ3) is 3.88. The van der Waals surface area contributed by atoms with E-state index >= 15 is 0 Å². The molecule has 2 aliphatic heterocycles. The van der Waals surface area contributed by atoms with Crippen molar-refractivity contribution in [1.29, 1.82) is 5.26 Å². The lowest BCUT2D eigenvalue weighted by molar-refractivity contribution is 0.0371. The average Bonchev–Trinajstić information content (AvgIpc) is 3.16. The first kappa shape index (κ1) is 16.8. The largest absolute Gasteiger partial charge is 0.378 e. The fraction of sp³-hybridized carbons (Fsp3) is 0.579. The molecular weight excluding hydrogens is 302 g/mol. The van der Waals surface area contributed by atoms with Crippen LogP contribution in [0.25, 0.3) is 0 Å². The van der Waals surface area contributed by atoms with Crippen molar-refractivity contribution in [2.24, 2.45) is 5.92 Å². The number of hydrogen-bond donors (Lipinski definition) is 1. The lowest BCUT2D eigenvalue weighted by atomic mass is 9.90. The Labute approximate surface area is 143 Å². The molecule has 3 rings (SSSR count). The summed E-state index contributed by atoms with van der Waals surface area (Å²) >= 11 is 0. The Morgan fingerprint density at radius 1 is 1.38 bits per heavy atom. The summed E-state index contributed by atoms with van der Waals surface area (Å²) in [5.74, 6) is 0.598. The highest BCUT2D eigenvalue weighted by Crippen LogP contribution is 2.29. The number of piperidine rings is 1. The van der Waals surface area contributed by atoms with Crippen LogP contribution < -0.4 is 5.32 Å². The highest BCUT2D eigenvalue weighted by atomic mass is 16.5. The number of carbonyl (C=O) groups is 1. The van der Waals surface area contributed by atoms with Gasteiger partial charge in [0.05, 0.1) is 23.8 Å². The zero-order valence-electron chi connectivity index (χ0n) is 14.2. The maximum Gasteiger partial charge on any atom is 0.317 e. The predicted octanol–water partition coefficient (Wildman–Crippen LogP) is 3.22. The molecule has 0 unspecified atom stereocenters. The summed E-state index contributed by atoms with van der Waals surface area (Å²) in [4.78, 5) is 14.4. The smallest absolute Gasteiger partial charge is 0.317 e. The van der Waals surface area contributed by atoms with Gasteiger partial charge in [-0.3, -0.25) is 0 Å². The maximum absolute atomic E-state index is 12.5. The number of amides is 2. The molecule has 1 aromatic carbocycles. The van der Waals surface area contributed by atoms with Gasteiger partial charge in [0.1, 0.15) is 0 Å². The molecule has 2 saturated heterocycles. The molecule has 0 aliphatic carbocycles. The molecule has 2 aliphatic rings. The standard InChI is InChI=1S/C19H25N3O2/c1-14(17-5-2-4-15(12-17)13-20)21-19(23)22-9-7-16(8-10-22)18-6-3-11-24-18/h2,4-5,12,14,16,18H,3,6-11H2,1H3,(H,21,23)/t14-,18+/m1/s1.